The number of nitrogens with zero attached hydrogens (tertiary/aromatic N) is 1. The number of rotatable bonds is 7. The van der Waals surface area contributed by atoms with E-state index in [1.807, 2.05) is 13.8 Å². The fourth-order valence-corrected chi connectivity index (χ4v) is 3.76. The van der Waals surface area contributed by atoms with Crippen LogP contribution in [0.25, 0.3) is 0 Å². The highest BCUT2D eigenvalue weighted by Crippen LogP contribution is 2.24. The molecule has 152 valence electrons. The van der Waals surface area contributed by atoms with E-state index in [9.17, 15) is 22.0 Å². The summed E-state index contributed by atoms with van der Waals surface area (Å²) in [5.41, 5.74) is 0.259. The van der Waals surface area contributed by atoms with Crippen molar-refractivity contribution in [3.05, 3.63) is 54.1 Å². The minimum Gasteiger partial charge on any atom is -0.491 e. The minimum atomic E-state index is -3.95. The van der Waals surface area contributed by atoms with Crippen molar-refractivity contribution in [1.82, 2.24) is 0 Å². The zero-order chi connectivity index (χ0) is 21.1. The van der Waals surface area contributed by atoms with Crippen LogP contribution in [0.1, 0.15) is 20.8 Å². The summed E-state index contributed by atoms with van der Waals surface area (Å²) in [4.78, 5) is 12.6. The molecule has 0 unspecified atom stereocenters. The van der Waals surface area contributed by atoms with Gasteiger partial charge in [0.2, 0.25) is 15.9 Å². The molecule has 1 atom stereocenters. The summed E-state index contributed by atoms with van der Waals surface area (Å²) in [7, 11) is -3.95. The predicted octanol–water partition coefficient (Wildman–Crippen LogP) is 3.55. The number of benzene rings is 2. The second-order valence-corrected chi connectivity index (χ2v) is 8.38. The first-order valence-corrected chi connectivity index (χ1v) is 10.4. The molecule has 0 heterocycles. The van der Waals surface area contributed by atoms with Crippen molar-refractivity contribution < 1.29 is 26.7 Å². The minimum absolute atomic E-state index is 0.0565. The molecule has 9 heteroatoms. The van der Waals surface area contributed by atoms with Crippen molar-refractivity contribution in [2.75, 3.05) is 15.9 Å². The summed E-state index contributed by atoms with van der Waals surface area (Å²) in [6, 6.07) is 8.06. The molecule has 0 saturated carbocycles. The van der Waals surface area contributed by atoms with Crippen LogP contribution < -0.4 is 14.4 Å². The van der Waals surface area contributed by atoms with Gasteiger partial charge in [0.1, 0.15) is 11.8 Å². The van der Waals surface area contributed by atoms with Crippen LogP contribution in [-0.2, 0) is 14.8 Å². The Labute approximate surface area is 163 Å². The molecule has 2 aromatic carbocycles. The maximum Gasteiger partial charge on any atom is 0.247 e. The Hall–Kier alpha value is -2.68. The van der Waals surface area contributed by atoms with Crippen molar-refractivity contribution in [2.24, 2.45) is 0 Å². The second-order valence-electron chi connectivity index (χ2n) is 6.52. The van der Waals surface area contributed by atoms with Crippen LogP contribution in [0, 0.1) is 11.6 Å². The molecule has 1 amide bonds. The highest BCUT2D eigenvalue weighted by atomic mass is 32.2. The molecular formula is C19H22F2N2O4S. The molecule has 28 heavy (non-hydrogen) atoms. The number of carbonyl (C=O) groups is 1. The molecule has 0 aliphatic heterocycles. The highest BCUT2D eigenvalue weighted by molar-refractivity contribution is 7.92. The van der Waals surface area contributed by atoms with Gasteiger partial charge in [-0.3, -0.25) is 9.10 Å². The molecule has 0 fully saturated rings. The van der Waals surface area contributed by atoms with Crippen molar-refractivity contribution in [2.45, 2.75) is 32.9 Å². The zero-order valence-corrected chi connectivity index (χ0v) is 16.8. The smallest absolute Gasteiger partial charge is 0.247 e. The van der Waals surface area contributed by atoms with E-state index in [-0.39, 0.29) is 11.8 Å². The molecule has 2 rings (SSSR count). The third-order valence-corrected chi connectivity index (χ3v) is 4.96. The Morgan fingerprint density at radius 3 is 2.32 bits per heavy atom. The molecule has 1 N–H and O–H groups in total. The van der Waals surface area contributed by atoms with Gasteiger partial charge in [0.05, 0.1) is 18.0 Å². The summed E-state index contributed by atoms with van der Waals surface area (Å²) >= 11 is 0. The average molecular weight is 412 g/mol. The van der Waals surface area contributed by atoms with Crippen LogP contribution in [0.4, 0.5) is 20.2 Å². The van der Waals surface area contributed by atoms with Crippen molar-refractivity contribution in [3.8, 4) is 5.75 Å². The van der Waals surface area contributed by atoms with Gasteiger partial charge < -0.3 is 10.1 Å². The third-order valence-electron chi connectivity index (χ3n) is 3.72. The topological polar surface area (TPSA) is 75.7 Å². The van der Waals surface area contributed by atoms with Crippen LogP contribution in [0.15, 0.2) is 42.5 Å². The molecule has 0 aliphatic carbocycles. The summed E-state index contributed by atoms with van der Waals surface area (Å²) in [5.74, 6) is -2.42. The Morgan fingerprint density at radius 2 is 1.75 bits per heavy atom. The van der Waals surface area contributed by atoms with Crippen molar-refractivity contribution in [1.29, 1.82) is 0 Å². The van der Waals surface area contributed by atoms with Gasteiger partial charge in [-0.05, 0) is 45.0 Å². The summed E-state index contributed by atoms with van der Waals surface area (Å²) in [5, 5.41) is 2.61. The van der Waals surface area contributed by atoms with Crippen LogP contribution >= 0.6 is 0 Å². The number of hydrogen-bond acceptors (Lipinski definition) is 4. The van der Waals surface area contributed by atoms with Gasteiger partial charge in [-0.15, -0.1) is 0 Å². The van der Waals surface area contributed by atoms with Crippen LogP contribution in [0.2, 0.25) is 0 Å². The molecule has 0 aromatic heterocycles. The van der Waals surface area contributed by atoms with Crippen LogP contribution in [0.3, 0.4) is 0 Å². The first-order valence-electron chi connectivity index (χ1n) is 8.51. The number of carbonyl (C=O) groups excluding carboxylic acids is 1. The lowest BCUT2D eigenvalue weighted by molar-refractivity contribution is -0.116. The monoisotopic (exact) mass is 412 g/mol. The van der Waals surface area contributed by atoms with Crippen LogP contribution in [0.5, 0.6) is 5.75 Å². The van der Waals surface area contributed by atoms with E-state index < -0.39 is 33.6 Å². The van der Waals surface area contributed by atoms with E-state index >= 15 is 0 Å². The van der Waals surface area contributed by atoms with E-state index in [2.05, 4.69) is 5.32 Å². The van der Waals surface area contributed by atoms with Crippen LogP contribution in [-0.4, -0.2) is 32.7 Å². The Morgan fingerprint density at radius 1 is 1.07 bits per heavy atom. The number of nitrogens with one attached hydrogen (secondary N) is 1. The molecule has 0 radical (unpaired) electrons. The fourth-order valence-electron chi connectivity index (χ4n) is 2.60. The van der Waals surface area contributed by atoms with E-state index in [1.165, 1.54) is 6.92 Å². The Bertz CT molecular complexity index is 964. The molecule has 0 bridgehead atoms. The molecular weight excluding hydrogens is 390 g/mol. The number of halogens is 2. The quantitative estimate of drug-likeness (QED) is 0.755. The van der Waals surface area contributed by atoms with Gasteiger partial charge in [0.25, 0.3) is 0 Å². The summed E-state index contributed by atoms with van der Waals surface area (Å²) in [6.45, 7) is 5.07. The standard InChI is InChI=1S/C19H22F2N2O4S/c1-12(2)27-16-7-5-6-14(10-16)22-19(24)13(3)23(28(4,25)26)15-8-9-17(20)18(21)11-15/h5-13H,1-4H3,(H,22,24)/t13-/m0/s1. The lowest BCUT2D eigenvalue weighted by atomic mass is 10.2. The number of anilines is 2. The zero-order valence-electron chi connectivity index (χ0n) is 15.9. The van der Waals surface area contributed by atoms with Gasteiger partial charge in [-0.1, -0.05) is 6.07 Å². The van der Waals surface area contributed by atoms with E-state index in [0.29, 0.717) is 11.4 Å². The number of amides is 1. The van der Waals surface area contributed by atoms with Gasteiger partial charge in [0.15, 0.2) is 11.6 Å². The lowest BCUT2D eigenvalue weighted by Crippen LogP contribution is -2.45. The van der Waals surface area contributed by atoms with Crippen molar-refractivity contribution in [3.63, 3.8) is 0 Å². The third kappa shape index (κ3) is 5.41. The first-order chi connectivity index (χ1) is 13.0. The van der Waals surface area contributed by atoms with Gasteiger partial charge in [-0.2, -0.15) is 0 Å². The average Bonchev–Trinajstić information content (AvgIpc) is 2.56. The fraction of sp³-hybridized carbons (Fsp3) is 0.316. The molecule has 6 nitrogen and oxygen atoms in total. The van der Waals surface area contributed by atoms with Crippen molar-refractivity contribution >= 4 is 27.3 Å². The predicted molar refractivity (Wildman–Crippen MR) is 104 cm³/mol. The largest absolute Gasteiger partial charge is 0.491 e. The van der Waals surface area contributed by atoms with Gasteiger partial charge >= 0.3 is 0 Å². The maximum atomic E-state index is 13.6. The van der Waals surface area contributed by atoms with Gasteiger partial charge in [-0.25, -0.2) is 17.2 Å². The van der Waals surface area contributed by atoms with Gasteiger partial charge in [0, 0.05) is 17.8 Å². The Kier molecular flexibility index (Phi) is 6.60. The van der Waals surface area contributed by atoms with E-state index in [4.69, 9.17) is 4.74 Å². The van der Waals surface area contributed by atoms with E-state index in [0.717, 1.165) is 28.8 Å². The first kappa shape index (κ1) is 21.6. The Balaban J connectivity index is 2.28. The molecule has 0 aliphatic rings. The maximum absolute atomic E-state index is 13.6. The molecule has 2 aromatic rings. The molecule has 0 saturated heterocycles. The second kappa shape index (κ2) is 8.55. The number of sulfonamides is 1. The van der Waals surface area contributed by atoms with E-state index in [1.54, 1.807) is 24.3 Å². The lowest BCUT2D eigenvalue weighted by Gasteiger charge is -2.28. The normalized spacial score (nSPS) is 12.5. The highest BCUT2D eigenvalue weighted by Gasteiger charge is 2.30. The summed E-state index contributed by atoms with van der Waals surface area (Å²) in [6.07, 6.45) is 0.828. The summed E-state index contributed by atoms with van der Waals surface area (Å²) < 4.78 is 57.5. The SMILES string of the molecule is CC(C)Oc1cccc(NC(=O)[C@H](C)N(c2ccc(F)c(F)c2)S(C)(=O)=O)c1. The molecule has 0 spiro atoms. The number of hydrogen-bond donors (Lipinski definition) is 1. The number of ether oxygens (including phenoxy) is 1.